The lowest BCUT2D eigenvalue weighted by Gasteiger charge is -2.25. The molecule has 0 aliphatic carbocycles. The maximum Gasteiger partial charge on any atom is 0.271 e. The van der Waals surface area contributed by atoms with Gasteiger partial charge >= 0.3 is 0 Å². The average molecular weight is 540 g/mol. The minimum atomic E-state index is -0.650. The molecule has 0 unspecified atom stereocenters. The molecule has 1 aliphatic rings. The van der Waals surface area contributed by atoms with Crippen LogP contribution < -0.4 is 29.7 Å². The third-order valence-corrected chi connectivity index (χ3v) is 7.36. The van der Waals surface area contributed by atoms with Crippen LogP contribution in [0.4, 0.5) is 5.69 Å². The van der Waals surface area contributed by atoms with Crippen molar-refractivity contribution in [2.75, 3.05) is 19.0 Å². The van der Waals surface area contributed by atoms with Gasteiger partial charge in [-0.15, -0.1) is 0 Å². The van der Waals surface area contributed by atoms with Crippen molar-refractivity contribution < 1.29 is 14.3 Å². The molecule has 8 heteroatoms. The fourth-order valence-corrected chi connectivity index (χ4v) is 5.51. The largest absolute Gasteiger partial charge is 0.497 e. The first-order valence-corrected chi connectivity index (χ1v) is 13.6. The van der Waals surface area contributed by atoms with Crippen LogP contribution in [0.15, 0.2) is 99.9 Å². The molecule has 2 heterocycles. The molecule has 3 aromatic carbocycles. The molecule has 5 rings (SSSR count). The summed E-state index contributed by atoms with van der Waals surface area (Å²) in [4.78, 5) is 32.7. The number of allylic oxidation sites excluding steroid dienone is 1. The highest BCUT2D eigenvalue weighted by atomic mass is 32.1. The van der Waals surface area contributed by atoms with Gasteiger partial charge < -0.3 is 14.8 Å². The molecule has 1 aromatic heterocycles. The zero-order valence-corrected chi connectivity index (χ0v) is 22.8. The van der Waals surface area contributed by atoms with Crippen molar-refractivity contribution >= 4 is 29.0 Å². The lowest BCUT2D eigenvalue weighted by molar-refractivity contribution is -0.113. The third-order valence-electron chi connectivity index (χ3n) is 6.38. The summed E-state index contributed by atoms with van der Waals surface area (Å²) in [6, 6.07) is 23.7. The van der Waals surface area contributed by atoms with Crippen molar-refractivity contribution in [1.82, 2.24) is 4.57 Å². The molecular formula is C31H29N3O4S. The van der Waals surface area contributed by atoms with Crippen LogP contribution in [0.1, 0.15) is 37.4 Å². The normalized spacial score (nSPS) is 14.9. The van der Waals surface area contributed by atoms with Crippen molar-refractivity contribution in [2.24, 2.45) is 4.99 Å². The summed E-state index contributed by atoms with van der Waals surface area (Å²) in [5.41, 5.74) is 3.11. The predicted molar refractivity (Wildman–Crippen MR) is 154 cm³/mol. The second-order valence-corrected chi connectivity index (χ2v) is 10.1. The van der Waals surface area contributed by atoms with Crippen LogP contribution in [-0.2, 0) is 4.79 Å². The van der Waals surface area contributed by atoms with Gasteiger partial charge in [0.15, 0.2) is 4.80 Å². The van der Waals surface area contributed by atoms with Gasteiger partial charge in [0.05, 0.1) is 35.6 Å². The summed E-state index contributed by atoms with van der Waals surface area (Å²) in [5, 5.41) is 2.97. The molecule has 7 nitrogen and oxygen atoms in total. The van der Waals surface area contributed by atoms with Gasteiger partial charge in [0.1, 0.15) is 11.5 Å². The zero-order valence-electron chi connectivity index (χ0n) is 22.0. The van der Waals surface area contributed by atoms with Crippen LogP contribution in [0, 0.1) is 0 Å². The smallest absolute Gasteiger partial charge is 0.271 e. The number of ether oxygens (including phenoxy) is 2. The Kier molecular flexibility index (Phi) is 7.74. The highest BCUT2D eigenvalue weighted by molar-refractivity contribution is 7.07. The van der Waals surface area contributed by atoms with Crippen LogP contribution in [0.3, 0.4) is 0 Å². The number of fused-ring (bicyclic) bond motifs is 1. The number of benzene rings is 3. The van der Waals surface area contributed by atoms with E-state index in [4.69, 9.17) is 14.5 Å². The summed E-state index contributed by atoms with van der Waals surface area (Å²) in [5.74, 6) is 1.17. The number of rotatable bonds is 8. The molecule has 1 aliphatic heterocycles. The monoisotopic (exact) mass is 539 g/mol. The van der Waals surface area contributed by atoms with Gasteiger partial charge in [-0.2, -0.15) is 0 Å². The summed E-state index contributed by atoms with van der Waals surface area (Å²) < 4.78 is 13.2. The van der Waals surface area contributed by atoms with E-state index in [1.165, 1.54) is 11.3 Å². The summed E-state index contributed by atoms with van der Waals surface area (Å²) in [7, 11) is 1.60. The molecule has 1 amide bonds. The van der Waals surface area contributed by atoms with E-state index in [0.29, 0.717) is 38.6 Å². The van der Waals surface area contributed by atoms with E-state index in [2.05, 4.69) is 12.2 Å². The number of aromatic nitrogens is 1. The molecule has 4 aromatic rings. The van der Waals surface area contributed by atoms with Gasteiger partial charge in [0.25, 0.3) is 11.5 Å². The highest BCUT2D eigenvalue weighted by Gasteiger charge is 2.32. The van der Waals surface area contributed by atoms with Crippen molar-refractivity contribution in [3.63, 3.8) is 0 Å². The Balaban J connectivity index is 1.60. The van der Waals surface area contributed by atoms with Crippen LogP contribution in [0.5, 0.6) is 11.5 Å². The number of hydrogen-bond donors (Lipinski definition) is 1. The predicted octanol–water partition coefficient (Wildman–Crippen LogP) is 4.67. The van der Waals surface area contributed by atoms with Gasteiger partial charge in [-0.1, -0.05) is 60.7 Å². The van der Waals surface area contributed by atoms with Gasteiger partial charge in [0, 0.05) is 5.69 Å². The first-order chi connectivity index (χ1) is 19.0. The SMILES string of the molecule is CCCOc1ccc(/C=c2\sc3n(c2=O)[C@@H](c2ccc(OC)cc2)C(C(=O)Nc2ccccc2)=C(C)N=3)cc1. The number of thiazole rings is 1. The minimum Gasteiger partial charge on any atom is -0.497 e. The molecule has 0 fully saturated rings. The molecule has 39 heavy (non-hydrogen) atoms. The number of anilines is 1. The summed E-state index contributed by atoms with van der Waals surface area (Å²) in [6.07, 6.45) is 2.78. The van der Waals surface area contributed by atoms with Gasteiger partial charge in [-0.25, -0.2) is 4.99 Å². The lowest BCUT2D eigenvalue weighted by Crippen LogP contribution is -2.40. The molecule has 0 radical (unpaired) electrons. The van der Waals surface area contributed by atoms with E-state index >= 15 is 0 Å². The Hall–Kier alpha value is -4.43. The van der Waals surface area contributed by atoms with Gasteiger partial charge in [0.2, 0.25) is 0 Å². The molecular weight excluding hydrogens is 510 g/mol. The fourth-order valence-electron chi connectivity index (χ4n) is 4.46. The Morgan fingerprint density at radius 3 is 2.38 bits per heavy atom. The minimum absolute atomic E-state index is 0.205. The quantitative estimate of drug-likeness (QED) is 0.353. The number of amides is 1. The number of nitrogens with one attached hydrogen (secondary N) is 1. The maximum absolute atomic E-state index is 13.8. The second kappa shape index (κ2) is 11.5. The van der Waals surface area contributed by atoms with E-state index in [1.54, 1.807) is 11.7 Å². The van der Waals surface area contributed by atoms with Gasteiger partial charge in [-0.05, 0) is 66.9 Å². The van der Waals surface area contributed by atoms with Crippen molar-refractivity contribution in [3.8, 4) is 11.5 Å². The first-order valence-electron chi connectivity index (χ1n) is 12.7. The van der Waals surface area contributed by atoms with E-state index in [1.807, 2.05) is 91.9 Å². The number of hydrogen-bond acceptors (Lipinski definition) is 6. The van der Waals surface area contributed by atoms with E-state index < -0.39 is 6.04 Å². The Bertz CT molecular complexity index is 1690. The Morgan fingerprint density at radius 2 is 1.72 bits per heavy atom. The van der Waals surface area contributed by atoms with Crippen molar-refractivity contribution in [3.05, 3.63) is 121 Å². The lowest BCUT2D eigenvalue weighted by atomic mass is 9.95. The molecule has 1 N–H and O–H groups in total. The topological polar surface area (TPSA) is 81.9 Å². The molecule has 1 atom stereocenters. The van der Waals surface area contributed by atoms with Crippen LogP contribution >= 0.6 is 11.3 Å². The fraction of sp³-hybridized carbons (Fsp3) is 0.194. The number of carbonyl (C=O) groups excluding carboxylic acids is 1. The molecule has 198 valence electrons. The number of nitrogens with zero attached hydrogens (tertiary/aromatic N) is 2. The van der Waals surface area contributed by atoms with Crippen LogP contribution in [-0.4, -0.2) is 24.2 Å². The van der Waals surface area contributed by atoms with E-state index in [-0.39, 0.29) is 11.5 Å². The molecule has 0 saturated heterocycles. The number of para-hydroxylation sites is 1. The molecule has 0 saturated carbocycles. The van der Waals surface area contributed by atoms with Crippen LogP contribution in [0.25, 0.3) is 6.08 Å². The van der Waals surface area contributed by atoms with E-state index in [9.17, 15) is 9.59 Å². The third kappa shape index (κ3) is 5.56. The van der Waals surface area contributed by atoms with Crippen LogP contribution in [0.2, 0.25) is 0 Å². The maximum atomic E-state index is 13.8. The Labute approximate surface area is 230 Å². The zero-order chi connectivity index (χ0) is 27.4. The summed E-state index contributed by atoms with van der Waals surface area (Å²) >= 11 is 1.31. The number of methoxy groups -OCH3 is 1. The number of carbonyl (C=O) groups is 1. The first kappa shape index (κ1) is 26.2. The highest BCUT2D eigenvalue weighted by Crippen LogP contribution is 2.31. The average Bonchev–Trinajstić information content (AvgIpc) is 3.26. The van der Waals surface area contributed by atoms with Gasteiger partial charge in [-0.3, -0.25) is 14.2 Å². The summed E-state index contributed by atoms with van der Waals surface area (Å²) in [6.45, 7) is 4.52. The molecule has 0 bridgehead atoms. The van der Waals surface area contributed by atoms with E-state index in [0.717, 1.165) is 23.3 Å². The second-order valence-electron chi connectivity index (χ2n) is 9.09. The standard InChI is InChI=1S/C31H29N3O4S/c1-4-18-38-25-14-10-21(11-15-25)19-26-30(36)34-28(22-12-16-24(37-3)17-13-22)27(20(2)32-31(34)39-26)29(35)33-23-8-6-5-7-9-23/h5-17,19,28H,4,18H2,1-3H3,(H,33,35)/b26-19-/t28-/m0/s1. The van der Waals surface area contributed by atoms with Crippen molar-refractivity contribution in [2.45, 2.75) is 26.3 Å². The Morgan fingerprint density at radius 1 is 1.03 bits per heavy atom. The van der Waals surface area contributed by atoms with Crippen molar-refractivity contribution in [1.29, 1.82) is 0 Å². The molecule has 0 spiro atoms.